The Balaban J connectivity index is 2.42. The molecule has 1 unspecified atom stereocenters. The molecule has 1 aromatic rings. The second-order valence-corrected chi connectivity index (χ2v) is 3.79. The molecule has 0 amide bonds. The van der Waals surface area contributed by atoms with Crippen molar-refractivity contribution >= 4 is 0 Å². The second kappa shape index (κ2) is 6.58. The molecule has 15 heavy (non-hydrogen) atoms. The number of hydrogen-bond acceptors (Lipinski definition) is 3. The van der Waals surface area contributed by atoms with Crippen LogP contribution in [0.25, 0.3) is 0 Å². The Morgan fingerprint density at radius 2 is 2.40 bits per heavy atom. The molecule has 0 aromatic carbocycles. The monoisotopic (exact) mass is 211 g/mol. The van der Waals surface area contributed by atoms with Crippen molar-refractivity contribution < 1.29 is 4.74 Å². The Kier molecular flexibility index (Phi) is 5.36. The molecule has 86 valence electrons. The number of aryl methyl sites for hydroxylation is 1. The van der Waals surface area contributed by atoms with Gasteiger partial charge < -0.3 is 10.1 Å². The van der Waals surface area contributed by atoms with E-state index in [1.807, 2.05) is 23.9 Å². The topological polar surface area (TPSA) is 39.1 Å². The zero-order valence-corrected chi connectivity index (χ0v) is 9.86. The van der Waals surface area contributed by atoms with Crippen LogP contribution in [0.3, 0.4) is 0 Å². The smallest absolute Gasteiger partial charge is 0.0633 e. The lowest BCUT2D eigenvalue weighted by Crippen LogP contribution is -2.37. The van der Waals surface area contributed by atoms with Crippen LogP contribution in [-0.4, -0.2) is 36.1 Å². The molecule has 1 N–H and O–H groups in total. The van der Waals surface area contributed by atoms with Crippen LogP contribution in [-0.2, 0) is 11.3 Å². The first-order valence-corrected chi connectivity index (χ1v) is 5.48. The number of rotatable bonds is 7. The number of nitrogens with one attached hydrogen (secondary N) is 1. The van der Waals surface area contributed by atoms with Gasteiger partial charge in [-0.25, -0.2) is 0 Å². The normalized spacial score (nSPS) is 13.0. The summed E-state index contributed by atoms with van der Waals surface area (Å²) in [5.41, 5.74) is 1.06. The summed E-state index contributed by atoms with van der Waals surface area (Å²) in [7, 11) is 1.73. The molecule has 0 spiro atoms. The molecular formula is C11H21N3O. The van der Waals surface area contributed by atoms with Gasteiger partial charge in [0.25, 0.3) is 0 Å². The highest BCUT2D eigenvalue weighted by Crippen LogP contribution is 1.96. The number of hydrogen-bond donors (Lipinski definition) is 1. The summed E-state index contributed by atoms with van der Waals surface area (Å²) in [6.45, 7) is 6.77. The Bertz CT molecular complexity index is 273. The number of nitrogens with zero attached hydrogens (tertiary/aromatic N) is 2. The van der Waals surface area contributed by atoms with Crippen molar-refractivity contribution in [1.82, 2.24) is 15.1 Å². The van der Waals surface area contributed by atoms with Crippen LogP contribution >= 0.6 is 0 Å². The zero-order valence-electron chi connectivity index (χ0n) is 9.86. The molecule has 1 heterocycles. The molecule has 1 atom stereocenters. The molecular weight excluding hydrogens is 190 g/mol. The molecule has 0 saturated carbocycles. The summed E-state index contributed by atoms with van der Waals surface area (Å²) in [4.78, 5) is 0. The quantitative estimate of drug-likeness (QED) is 0.736. The van der Waals surface area contributed by atoms with Crippen molar-refractivity contribution in [1.29, 1.82) is 0 Å². The van der Waals surface area contributed by atoms with E-state index in [0.717, 1.165) is 31.8 Å². The molecule has 0 fully saturated rings. The lowest BCUT2D eigenvalue weighted by Gasteiger charge is -2.17. The average Bonchev–Trinajstić information content (AvgIpc) is 2.61. The third-order valence-corrected chi connectivity index (χ3v) is 2.23. The Labute approximate surface area is 91.6 Å². The first-order chi connectivity index (χ1) is 7.26. The zero-order chi connectivity index (χ0) is 11.1. The third kappa shape index (κ3) is 4.44. The molecule has 0 bridgehead atoms. The number of ether oxygens (including phenoxy) is 1. The molecule has 0 radical (unpaired) electrons. The highest BCUT2D eigenvalue weighted by molar-refractivity contribution is 4.95. The summed E-state index contributed by atoms with van der Waals surface area (Å²) in [5.74, 6) is 0. The van der Waals surface area contributed by atoms with Crippen molar-refractivity contribution in [2.45, 2.75) is 32.9 Å². The van der Waals surface area contributed by atoms with Crippen molar-refractivity contribution in [2.24, 2.45) is 0 Å². The number of methoxy groups -OCH3 is 1. The molecule has 4 heteroatoms. The van der Waals surface area contributed by atoms with Gasteiger partial charge in [0.2, 0.25) is 0 Å². The molecule has 4 nitrogen and oxygen atoms in total. The van der Waals surface area contributed by atoms with Gasteiger partial charge in [-0.15, -0.1) is 0 Å². The molecule has 0 saturated heterocycles. The summed E-state index contributed by atoms with van der Waals surface area (Å²) in [5, 5.41) is 7.80. The standard InChI is InChI=1S/C11H21N3O/c1-4-6-12-11(9-15-3)8-14-7-5-10(2)13-14/h5,7,11-12H,4,6,8-9H2,1-3H3. The highest BCUT2D eigenvalue weighted by Gasteiger charge is 2.08. The molecule has 0 aliphatic carbocycles. The predicted molar refractivity (Wildman–Crippen MR) is 60.9 cm³/mol. The fourth-order valence-corrected chi connectivity index (χ4v) is 1.52. The summed E-state index contributed by atoms with van der Waals surface area (Å²) >= 11 is 0. The van der Waals surface area contributed by atoms with E-state index in [4.69, 9.17) is 4.74 Å². The van der Waals surface area contributed by atoms with Crippen LogP contribution in [0.5, 0.6) is 0 Å². The minimum absolute atomic E-state index is 0.342. The summed E-state index contributed by atoms with van der Waals surface area (Å²) < 4.78 is 7.14. The van der Waals surface area contributed by atoms with Gasteiger partial charge in [-0.2, -0.15) is 5.10 Å². The first-order valence-electron chi connectivity index (χ1n) is 5.48. The van der Waals surface area contributed by atoms with Crippen LogP contribution in [0.1, 0.15) is 19.0 Å². The largest absolute Gasteiger partial charge is 0.383 e. The summed E-state index contributed by atoms with van der Waals surface area (Å²) in [6.07, 6.45) is 3.14. The van der Waals surface area contributed by atoms with E-state index in [1.54, 1.807) is 7.11 Å². The highest BCUT2D eigenvalue weighted by atomic mass is 16.5. The van der Waals surface area contributed by atoms with E-state index in [1.165, 1.54) is 0 Å². The van der Waals surface area contributed by atoms with E-state index < -0.39 is 0 Å². The lowest BCUT2D eigenvalue weighted by atomic mass is 10.3. The van der Waals surface area contributed by atoms with E-state index >= 15 is 0 Å². The van der Waals surface area contributed by atoms with Gasteiger partial charge in [0.05, 0.1) is 24.9 Å². The second-order valence-electron chi connectivity index (χ2n) is 3.79. The fourth-order valence-electron chi connectivity index (χ4n) is 1.52. The van der Waals surface area contributed by atoms with Crippen molar-refractivity contribution in [2.75, 3.05) is 20.3 Å². The maximum atomic E-state index is 5.18. The Morgan fingerprint density at radius 3 is 2.93 bits per heavy atom. The molecule has 1 aromatic heterocycles. The van der Waals surface area contributed by atoms with Gasteiger partial charge in [-0.1, -0.05) is 6.92 Å². The van der Waals surface area contributed by atoms with Gasteiger partial charge in [-0.3, -0.25) is 4.68 Å². The Hall–Kier alpha value is -0.870. The SMILES string of the molecule is CCCNC(COC)Cn1ccc(C)n1. The minimum Gasteiger partial charge on any atom is -0.383 e. The maximum absolute atomic E-state index is 5.18. The van der Waals surface area contributed by atoms with Gasteiger partial charge in [0, 0.05) is 13.3 Å². The lowest BCUT2D eigenvalue weighted by molar-refractivity contribution is 0.157. The van der Waals surface area contributed by atoms with Crippen LogP contribution in [0, 0.1) is 6.92 Å². The molecule has 1 rings (SSSR count). The van der Waals surface area contributed by atoms with Crippen LogP contribution in [0.2, 0.25) is 0 Å². The predicted octanol–water partition coefficient (Wildman–Crippen LogP) is 1.21. The van der Waals surface area contributed by atoms with E-state index in [2.05, 4.69) is 17.3 Å². The van der Waals surface area contributed by atoms with Gasteiger partial charge >= 0.3 is 0 Å². The van der Waals surface area contributed by atoms with Gasteiger partial charge in [0.15, 0.2) is 0 Å². The average molecular weight is 211 g/mol. The third-order valence-electron chi connectivity index (χ3n) is 2.23. The maximum Gasteiger partial charge on any atom is 0.0633 e. The van der Waals surface area contributed by atoms with Gasteiger partial charge in [-0.05, 0) is 26.0 Å². The molecule has 0 aliphatic heterocycles. The van der Waals surface area contributed by atoms with Crippen molar-refractivity contribution in [3.05, 3.63) is 18.0 Å². The van der Waals surface area contributed by atoms with E-state index in [0.29, 0.717) is 6.04 Å². The van der Waals surface area contributed by atoms with Crippen LogP contribution in [0.4, 0.5) is 0 Å². The fraction of sp³-hybridized carbons (Fsp3) is 0.727. The molecule has 0 aliphatic rings. The number of aromatic nitrogens is 2. The first kappa shape index (κ1) is 12.2. The van der Waals surface area contributed by atoms with E-state index in [9.17, 15) is 0 Å². The van der Waals surface area contributed by atoms with Gasteiger partial charge in [0.1, 0.15) is 0 Å². The minimum atomic E-state index is 0.342. The van der Waals surface area contributed by atoms with E-state index in [-0.39, 0.29) is 0 Å². The summed E-state index contributed by atoms with van der Waals surface area (Å²) in [6, 6.07) is 2.36. The van der Waals surface area contributed by atoms with Crippen molar-refractivity contribution in [3.8, 4) is 0 Å². The Morgan fingerprint density at radius 1 is 1.60 bits per heavy atom. The van der Waals surface area contributed by atoms with Crippen molar-refractivity contribution in [3.63, 3.8) is 0 Å². The van der Waals surface area contributed by atoms with Crippen LogP contribution < -0.4 is 5.32 Å². The van der Waals surface area contributed by atoms with Crippen LogP contribution in [0.15, 0.2) is 12.3 Å².